The summed E-state index contributed by atoms with van der Waals surface area (Å²) in [4.78, 5) is 26.4. The van der Waals surface area contributed by atoms with Crippen molar-refractivity contribution in [2.45, 2.75) is 6.61 Å². The number of benzene rings is 2. The molecule has 27 heavy (non-hydrogen) atoms. The molecule has 0 bridgehead atoms. The van der Waals surface area contributed by atoms with E-state index in [1.807, 2.05) is 42.5 Å². The summed E-state index contributed by atoms with van der Waals surface area (Å²) >= 11 is 0. The number of hydrogen-bond donors (Lipinski definition) is 2. The van der Waals surface area contributed by atoms with E-state index < -0.39 is 12.1 Å². The predicted octanol–water partition coefficient (Wildman–Crippen LogP) is 3.23. The van der Waals surface area contributed by atoms with E-state index in [9.17, 15) is 9.59 Å². The van der Waals surface area contributed by atoms with E-state index in [-0.39, 0.29) is 13.2 Å². The summed E-state index contributed by atoms with van der Waals surface area (Å²) in [6, 6.07) is 14.9. The zero-order valence-corrected chi connectivity index (χ0v) is 14.7. The van der Waals surface area contributed by atoms with Gasteiger partial charge >= 0.3 is 12.1 Å². The first-order valence-electron chi connectivity index (χ1n) is 8.30. The number of alkyl carbamates (subject to hydrolysis) is 1. The molecule has 0 fully saturated rings. The second-order valence-corrected chi connectivity index (χ2v) is 5.67. The zero-order chi connectivity index (χ0) is 19.1. The second kappa shape index (κ2) is 8.59. The van der Waals surface area contributed by atoms with Crippen molar-refractivity contribution in [1.82, 2.24) is 10.3 Å². The minimum absolute atomic E-state index is 0.155. The van der Waals surface area contributed by atoms with Crippen LogP contribution in [-0.4, -0.2) is 30.7 Å². The van der Waals surface area contributed by atoms with E-state index in [1.54, 1.807) is 12.3 Å². The van der Waals surface area contributed by atoms with Gasteiger partial charge in [-0.2, -0.15) is 0 Å². The van der Waals surface area contributed by atoms with E-state index in [0.29, 0.717) is 5.56 Å². The van der Waals surface area contributed by atoms with Gasteiger partial charge in [0.25, 0.3) is 0 Å². The molecule has 0 saturated carbocycles. The van der Waals surface area contributed by atoms with Crippen LogP contribution in [0.2, 0.25) is 0 Å². The van der Waals surface area contributed by atoms with Crippen LogP contribution in [0, 0.1) is 11.8 Å². The third-order valence-electron chi connectivity index (χ3n) is 3.85. The maximum absolute atomic E-state index is 11.8. The number of ether oxygens (including phenoxy) is 2. The fraction of sp³-hybridized carbons (Fsp3) is 0.143. The number of methoxy groups -OCH3 is 1. The van der Waals surface area contributed by atoms with Crippen LogP contribution in [0.1, 0.15) is 21.5 Å². The van der Waals surface area contributed by atoms with Crippen LogP contribution < -0.4 is 5.32 Å². The van der Waals surface area contributed by atoms with Crippen molar-refractivity contribution in [3.05, 3.63) is 71.4 Å². The summed E-state index contributed by atoms with van der Waals surface area (Å²) < 4.78 is 9.87. The summed E-state index contributed by atoms with van der Waals surface area (Å²) in [6.07, 6.45) is 1.08. The van der Waals surface area contributed by atoms with Crippen LogP contribution in [0.4, 0.5) is 4.79 Å². The van der Waals surface area contributed by atoms with Crippen LogP contribution in [0.3, 0.4) is 0 Å². The number of nitrogens with one attached hydrogen (secondary N) is 2. The van der Waals surface area contributed by atoms with Crippen LogP contribution in [0.15, 0.2) is 54.7 Å². The lowest BCUT2D eigenvalue weighted by atomic mass is 10.1. The SMILES string of the molecule is COC(=O)c1c[nH]c2ccc(C#CCNC(=O)OCc3ccccc3)cc12. The number of rotatable bonds is 4. The van der Waals surface area contributed by atoms with Gasteiger partial charge in [0.1, 0.15) is 6.61 Å². The van der Waals surface area contributed by atoms with Gasteiger partial charge in [0.2, 0.25) is 0 Å². The van der Waals surface area contributed by atoms with E-state index in [4.69, 9.17) is 9.47 Å². The topological polar surface area (TPSA) is 80.4 Å². The predicted molar refractivity (Wildman–Crippen MR) is 101 cm³/mol. The summed E-state index contributed by atoms with van der Waals surface area (Å²) in [5.41, 5.74) is 2.92. The van der Waals surface area contributed by atoms with Gasteiger partial charge < -0.3 is 19.8 Å². The second-order valence-electron chi connectivity index (χ2n) is 5.67. The van der Waals surface area contributed by atoms with Crippen molar-refractivity contribution < 1.29 is 19.1 Å². The maximum atomic E-state index is 11.8. The average molecular weight is 362 g/mol. The molecule has 6 heteroatoms. The Balaban J connectivity index is 1.56. The standard InChI is InChI=1S/C21H18N2O4/c1-26-20(24)18-13-23-19-10-9-15(12-17(18)19)8-5-11-22-21(25)27-14-16-6-3-2-4-7-16/h2-4,6-7,9-10,12-13,23H,11,14H2,1H3,(H,22,25). The molecule has 1 amide bonds. The highest BCUT2D eigenvalue weighted by atomic mass is 16.5. The molecule has 6 nitrogen and oxygen atoms in total. The molecular formula is C21H18N2O4. The zero-order valence-electron chi connectivity index (χ0n) is 14.7. The van der Waals surface area contributed by atoms with E-state index in [1.165, 1.54) is 7.11 Å². The Morgan fingerprint density at radius 3 is 2.74 bits per heavy atom. The molecular weight excluding hydrogens is 344 g/mol. The number of H-pyrrole nitrogens is 1. The molecule has 0 atom stereocenters. The van der Waals surface area contributed by atoms with Crippen LogP contribution in [0.5, 0.6) is 0 Å². The van der Waals surface area contributed by atoms with Crippen LogP contribution in [0.25, 0.3) is 10.9 Å². The van der Waals surface area contributed by atoms with Crippen molar-refractivity contribution in [3.8, 4) is 11.8 Å². The largest absolute Gasteiger partial charge is 0.465 e. The molecule has 0 aliphatic rings. The van der Waals surface area contributed by atoms with E-state index in [0.717, 1.165) is 22.0 Å². The van der Waals surface area contributed by atoms with Crippen molar-refractivity contribution in [1.29, 1.82) is 0 Å². The molecule has 1 heterocycles. The van der Waals surface area contributed by atoms with Gasteiger partial charge in [0.15, 0.2) is 0 Å². The van der Waals surface area contributed by atoms with Gasteiger partial charge in [-0.25, -0.2) is 9.59 Å². The number of aromatic amines is 1. The fourth-order valence-electron chi connectivity index (χ4n) is 2.51. The van der Waals surface area contributed by atoms with E-state index >= 15 is 0 Å². The van der Waals surface area contributed by atoms with Crippen molar-refractivity contribution in [2.24, 2.45) is 0 Å². The van der Waals surface area contributed by atoms with Crippen molar-refractivity contribution >= 4 is 23.0 Å². The number of amides is 1. The minimum Gasteiger partial charge on any atom is -0.465 e. The molecule has 1 aromatic heterocycles. The molecule has 2 N–H and O–H groups in total. The Kier molecular flexibility index (Phi) is 5.75. The number of aromatic nitrogens is 1. The minimum atomic E-state index is -0.526. The molecule has 0 radical (unpaired) electrons. The first-order chi connectivity index (χ1) is 13.2. The molecule has 0 saturated heterocycles. The highest BCUT2D eigenvalue weighted by Crippen LogP contribution is 2.20. The third-order valence-corrected chi connectivity index (χ3v) is 3.85. The average Bonchev–Trinajstić information content (AvgIpc) is 3.13. The molecule has 0 aliphatic heterocycles. The normalized spacial score (nSPS) is 9.96. The summed E-state index contributed by atoms with van der Waals surface area (Å²) in [7, 11) is 1.34. The Hall–Kier alpha value is -3.72. The number of fused-ring (bicyclic) bond motifs is 1. The lowest BCUT2D eigenvalue weighted by Gasteiger charge is -2.04. The van der Waals surface area contributed by atoms with Gasteiger partial charge in [0.05, 0.1) is 19.2 Å². The smallest absolute Gasteiger partial charge is 0.408 e. The van der Waals surface area contributed by atoms with Crippen LogP contribution in [-0.2, 0) is 16.1 Å². The summed E-state index contributed by atoms with van der Waals surface area (Å²) in [5.74, 6) is 5.41. The monoisotopic (exact) mass is 362 g/mol. The Morgan fingerprint density at radius 2 is 1.96 bits per heavy atom. The first-order valence-corrected chi connectivity index (χ1v) is 8.30. The number of hydrogen-bond acceptors (Lipinski definition) is 4. The Bertz CT molecular complexity index is 1010. The molecule has 2 aromatic carbocycles. The molecule has 0 aliphatic carbocycles. The highest BCUT2D eigenvalue weighted by molar-refractivity contribution is 6.04. The van der Waals surface area contributed by atoms with Crippen molar-refractivity contribution in [3.63, 3.8) is 0 Å². The summed E-state index contributed by atoms with van der Waals surface area (Å²) in [6.45, 7) is 0.364. The van der Waals surface area contributed by atoms with Gasteiger partial charge in [-0.15, -0.1) is 0 Å². The summed E-state index contributed by atoms with van der Waals surface area (Å²) in [5, 5.41) is 3.32. The Morgan fingerprint density at radius 1 is 1.15 bits per heavy atom. The quantitative estimate of drug-likeness (QED) is 0.552. The van der Waals surface area contributed by atoms with Gasteiger partial charge in [-0.1, -0.05) is 42.2 Å². The molecule has 3 rings (SSSR count). The molecule has 0 spiro atoms. The highest BCUT2D eigenvalue weighted by Gasteiger charge is 2.12. The lowest BCUT2D eigenvalue weighted by Crippen LogP contribution is -2.24. The van der Waals surface area contributed by atoms with E-state index in [2.05, 4.69) is 22.1 Å². The molecule has 136 valence electrons. The van der Waals surface area contributed by atoms with Crippen molar-refractivity contribution in [2.75, 3.05) is 13.7 Å². The van der Waals surface area contributed by atoms with Crippen LogP contribution >= 0.6 is 0 Å². The molecule has 0 unspecified atom stereocenters. The molecule has 3 aromatic rings. The fourth-order valence-corrected chi connectivity index (χ4v) is 2.51. The Labute approximate surface area is 156 Å². The number of esters is 1. The number of carbonyl (C=O) groups is 2. The first kappa shape index (κ1) is 18.1. The van der Waals surface area contributed by atoms with Gasteiger partial charge in [0, 0.05) is 22.7 Å². The lowest BCUT2D eigenvalue weighted by molar-refractivity contribution is 0.0603. The number of carbonyl (C=O) groups excluding carboxylic acids is 2. The van der Waals surface area contributed by atoms with Gasteiger partial charge in [-0.05, 0) is 23.8 Å². The third kappa shape index (κ3) is 4.67. The van der Waals surface area contributed by atoms with Gasteiger partial charge in [-0.3, -0.25) is 0 Å². The maximum Gasteiger partial charge on any atom is 0.408 e.